The SMILES string of the molecule is CCc1cc(N2CCN3CCC2C3)ccc1N. The normalized spacial score (nSPS) is 27.5. The van der Waals surface area contributed by atoms with Gasteiger partial charge in [0, 0.05) is 43.6 Å². The van der Waals surface area contributed by atoms with Crippen molar-refractivity contribution >= 4 is 11.4 Å². The molecule has 0 aliphatic carbocycles. The lowest BCUT2D eigenvalue weighted by molar-refractivity contribution is 0.311. The van der Waals surface area contributed by atoms with Crippen LogP contribution in [0.15, 0.2) is 18.2 Å². The summed E-state index contributed by atoms with van der Waals surface area (Å²) in [4.78, 5) is 5.14. The molecule has 0 radical (unpaired) electrons. The van der Waals surface area contributed by atoms with Crippen LogP contribution in [-0.2, 0) is 6.42 Å². The third-order valence-corrected chi connectivity index (χ3v) is 4.18. The third-order valence-electron chi connectivity index (χ3n) is 4.18. The van der Waals surface area contributed by atoms with Crippen molar-refractivity contribution in [3.63, 3.8) is 0 Å². The maximum Gasteiger partial charge on any atom is 0.0429 e. The van der Waals surface area contributed by atoms with Crippen LogP contribution >= 0.6 is 0 Å². The first-order chi connectivity index (χ1) is 8.28. The van der Waals surface area contributed by atoms with Crippen LogP contribution < -0.4 is 10.6 Å². The Morgan fingerprint density at radius 2 is 2.18 bits per heavy atom. The summed E-state index contributed by atoms with van der Waals surface area (Å²) in [6, 6.07) is 7.25. The van der Waals surface area contributed by atoms with E-state index in [-0.39, 0.29) is 0 Å². The molecule has 3 nitrogen and oxygen atoms in total. The fourth-order valence-electron chi connectivity index (χ4n) is 3.12. The highest BCUT2D eigenvalue weighted by Gasteiger charge is 2.32. The van der Waals surface area contributed by atoms with Crippen LogP contribution in [0.2, 0.25) is 0 Å². The monoisotopic (exact) mass is 231 g/mol. The molecule has 17 heavy (non-hydrogen) atoms. The maximum atomic E-state index is 5.98. The third kappa shape index (κ3) is 1.89. The van der Waals surface area contributed by atoms with Crippen molar-refractivity contribution in [3.05, 3.63) is 23.8 Å². The first-order valence-corrected chi connectivity index (χ1v) is 6.65. The van der Waals surface area contributed by atoms with Crippen molar-refractivity contribution in [2.24, 2.45) is 0 Å². The number of nitrogen functional groups attached to an aromatic ring is 1. The van der Waals surface area contributed by atoms with Crippen LogP contribution in [-0.4, -0.2) is 37.1 Å². The van der Waals surface area contributed by atoms with Gasteiger partial charge in [0.05, 0.1) is 0 Å². The fourth-order valence-corrected chi connectivity index (χ4v) is 3.12. The average Bonchev–Trinajstić information content (AvgIpc) is 2.73. The summed E-state index contributed by atoms with van der Waals surface area (Å²) in [7, 11) is 0. The van der Waals surface area contributed by atoms with E-state index in [1.807, 2.05) is 0 Å². The average molecular weight is 231 g/mol. The summed E-state index contributed by atoms with van der Waals surface area (Å²) in [5.41, 5.74) is 9.55. The zero-order chi connectivity index (χ0) is 11.8. The number of fused-ring (bicyclic) bond motifs is 2. The molecule has 0 saturated carbocycles. The van der Waals surface area contributed by atoms with Crippen LogP contribution in [0.25, 0.3) is 0 Å². The quantitative estimate of drug-likeness (QED) is 0.787. The second-order valence-corrected chi connectivity index (χ2v) is 5.17. The van der Waals surface area contributed by atoms with Crippen molar-refractivity contribution in [3.8, 4) is 0 Å². The number of hydrogen-bond donors (Lipinski definition) is 1. The van der Waals surface area contributed by atoms with Crippen LogP contribution in [0.5, 0.6) is 0 Å². The van der Waals surface area contributed by atoms with Crippen LogP contribution in [0, 0.1) is 0 Å². The summed E-state index contributed by atoms with van der Waals surface area (Å²) >= 11 is 0. The highest BCUT2D eigenvalue weighted by atomic mass is 15.3. The minimum absolute atomic E-state index is 0.720. The molecule has 3 rings (SSSR count). The molecular weight excluding hydrogens is 210 g/mol. The van der Waals surface area contributed by atoms with Crippen LogP contribution in [0.3, 0.4) is 0 Å². The molecule has 2 heterocycles. The number of benzene rings is 1. The minimum atomic E-state index is 0.720. The highest BCUT2D eigenvalue weighted by molar-refractivity contribution is 5.59. The predicted octanol–water partition coefficient (Wildman–Crippen LogP) is 1.73. The molecule has 2 fully saturated rings. The standard InChI is InChI=1S/C14H21N3/c1-2-11-9-12(3-4-14(11)15)17-8-7-16-6-5-13(17)10-16/h3-4,9,13H,2,5-8,10,15H2,1H3. The van der Waals surface area contributed by atoms with E-state index in [1.54, 1.807) is 0 Å². The van der Waals surface area contributed by atoms with E-state index in [9.17, 15) is 0 Å². The molecule has 2 unspecified atom stereocenters. The summed E-state index contributed by atoms with van der Waals surface area (Å²) in [5, 5.41) is 0. The molecule has 2 saturated heterocycles. The number of anilines is 2. The Labute approximate surface area is 103 Å². The van der Waals surface area contributed by atoms with E-state index in [2.05, 4.69) is 34.9 Å². The molecule has 0 amide bonds. The Balaban J connectivity index is 1.88. The van der Waals surface area contributed by atoms with E-state index in [0.29, 0.717) is 0 Å². The second-order valence-electron chi connectivity index (χ2n) is 5.17. The van der Waals surface area contributed by atoms with Crippen molar-refractivity contribution in [2.45, 2.75) is 25.8 Å². The lowest BCUT2D eigenvalue weighted by Crippen LogP contribution is -2.46. The minimum Gasteiger partial charge on any atom is -0.399 e. The Morgan fingerprint density at radius 1 is 1.29 bits per heavy atom. The summed E-state index contributed by atoms with van der Waals surface area (Å²) in [6.45, 7) is 7.06. The van der Waals surface area contributed by atoms with Gasteiger partial charge in [0.1, 0.15) is 0 Å². The molecule has 1 aromatic carbocycles. The number of nitrogens with two attached hydrogens (primary N) is 1. The van der Waals surface area contributed by atoms with Crippen molar-refractivity contribution in [1.82, 2.24) is 4.90 Å². The van der Waals surface area contributed by atoms with Gasteiger partial charge in [-0.3, -0.25) is 4.90 Å². The topological polar surface area (TPSA) is 32.5 Å². The largest absolute Gasteiger partial charge is 0.399 e. The highest BCUT2D eigenvalue weighted by Crippen LogP contribution is 2.29. The van der Waals surface area contributed by atoms with Gasteiger partial charge in [-0.2, -0.15) is 0 Å². The zero-order valence-corrected chi connectivity index (χ0v) is 10.5. The van der Waals surface area contributed by atoms with E-state index >= 15 is 0 Å². The van der Waals surface area contributed by atoms with Gasteiger partial charge in [-0.05, 0) is 36.6 Å². The number of nitrogens with zero attached hydrogens (tertiary/aromatic N) is 2. The summed E-state index contributed by atoms with van der Waals surface area (Å²) in [5.74, 6) is 0. The molecule has 2 aliphatic rings. The molecule has 3 heteroatoms. The number of rotatable bonds is 2. The Hall–Kier alpha value is -1.22. The first kappa shape index (κ1) is 10.9. The van der Waals surface area contributed by atoms with Crippen LogP contribution in [0.4, 0.5) is 11.4 Å². The second kappa shape index (κ2) is 4.22. The number of piperazine rings is 1. The molecule has 92 valence electrons. The van der Waals surface area contributed by atoms with Gasteiger partial charge in [0.25, 0.3) is 0 Å². The van der Waals surface area contributed by atoms with E-state index in [1.165, 1.54) is 37.3 Å². The maximum absolute atomic E-state index is 5.98. The van der Waals surface area contributed by atoms with Gasteiger partial charge in [0.2, 0.25) is 0 Å². The van der Waals surface area contributed by atoms with Gasteiger partial charge in [0.15, 0.2) is 0 Å². The smallest absolute Gasteiger partial charge is 0.0429 e. The van der Waals surface area contributed by atoms with Crippen LogP contribution in [0.1, 0.15) is 18.9 Å². The van der Waals surface area contributed by atoms with Gasteiger partial charge >= 0.3 is 0 Å². The van der Waals surface area contributed by atoms with Crippen molar-refractivity contribution < 1.29 is 0 Å². The molecule has 2 N–H and O–H groups in total. The Morgan fingerprint density at radius 3 is 3.00 bits per heavy atom. The molecule has 0 spiro atoms. The van der Waals surface area contributed by atoms with Gasteiger partial charge in [-0.25, -0.2) is 0 Å². The molecule has 1 aromatic rings. The zero-order valence-electron chi connectivity index (χ0n) is 10.5. The van der Waals surface area contributed by atoms with E-state index < -0.39 is 0 Å². The number of hydrogen-bond acceptors (Lipinski definition) is 3. The van der Waals surface area contributed by atoms with E-state index in [0.717, 1.165) is 24.7 Å². The Kier molecular flexibility index (Phi) is 2.71. The van der Waals surface area contributed by atoms with Gasteiger partial charge < -0.3 is 10.6 Å². The summed E-state index contributed by atoms with van der Waals surface area (Å²) < 4.78 is 0. The molecule has 2 aliphatic heterocycles. The van der Waals surface area contributed by atoms with Crippen molar-refractivity contribution in [2.75, 3.05) is 36.8 Å². The predicted molar refractivity (Wildman–Crippen MR) is 72.4 cm³/mol. The fraction of sp³-hybridized carbons (Fsp3) is 0.571. The van der Waals surface area contributed by atoms with Crippen molar-refractivity contribution in [1.29, 1.82) is 0 Å². The first-order valence-electron chi connectivity index (χ1n) is 6.65. The molecule has 2 bridgehead atoms. The lowest BCUT2D eigenvalue weighted by atomic mass is 10.1. The van der Waals surface area contributed by atoms with Gasteiger partial charge in [-0.15, -0.1) is 0 Å². The number of aryl methyl sites for hydroxylation is 1. The summed E-state index contributed by atoms with van der Waals surface area (Å²) in [6.07, 6.45) is 2.33. The molecule has 2 atom stereocenters. The lowest BCUT2D eigenvalue weighted by Gasteiger charge is -2.36. The Bertz CT molecular complexity index is 416. The molecule has 0 aromatic heterocycles. The van der Waals surface area contributed by atoms with Gasteiger partial charge in [-0.1, -0.05) is 6.92 Å². The van der Waals surface area contributed by atoms with E-state index in [4.69, 9.17) is 5.73 Å². The molecular formula is C14H21N3.